The van der Waals surface area contributed by atoms with Gasteiger partial charge in [-0.1, -0.05) is 40.5 Å². The molecule has 0 heterocycles. The molecule has 0 aromatic rings. The molecule has 1 fully saturated rings. The van der Waals surface area contributed by atoms with Crippen molar-refractivity contribution in [1.82, 2.24) is 0 Å². The molecule has 1 saturated carbocycles. The fraction of sp³-hybridized carbons (Fsp3) is 0.929. The molecular formula is C28H42F12O6. The van der Waals surface area contributed by atoms with Gasteiger partial charge in [-0.15, -0.1) is 0 Å². The summed E-state index contributed by atoms with van der Waals surface area (Å²) in [4.78, 5) is 23.9. The second-order valence-corrected chi connectivity index (χ2v) is 12.9. The molecule has 0 spiro atoms. The zero-order chi connectivity index (χ0) is 37.1. The van der Waals surface area contributed by atoms with Gasteiger partial charge < -0.3 is 19.7 Å². The van der Waals surface area contributed by atoms with E-state index in [4.69, 9.17) is 0 Å². The van der Waals surface area contributed by atoms with Crippen LogP contribution in [0.1, 0.15) is 93.9 Å². The maximum atomic E-state index is 13.2. The number of ether oxygens (including phenoxy) is 2. The number of hydrogen-bond acceptors (Lipinski definition) is 6. The molecule has 1 aliphatic carbocycles. The molecular weight excluding hydrogens is 660 g/mol. The van der Waals surface area contributed by atoms with Crippen LogP contribution in [0.4, 0.5) is 52.7 Å². The summed E-state index contributed by atoms with van der Waals surface area (Å²) >= 11 is 0. The molecule has 0 amide bonds. The second kappa shape index (κ2) is 14.6. The van der Waals surface area contributed by atoms with Crippen LogP contribution in [0.3, 0.4) is 0 Å². The summed E-state index contributed by atoms with van der Waals surface area (Å²) in [6, 6.07) is 0. The normalized spacial score (nSPS) is 17.7. The van der Waals surface area contributed by atoms with E-state index in [1.807, 2.05) is 0 Å². The minimum absolute atomic E-state index is 0.0268. The Labute approximate surface area is 259 Å². The minimum atomic E-state index is -6.04. The highest BCUT2D eigenvalue weighted by molar-refractivity contribution is 5.76. The summed E-state index contributed by atoms with van der Waals surface area (Å²) in [5, 5.41) is 19.0. The zero-order valence-corrected chi connectivity index (χ0v) is 26.6. The van der Waals surface area contributed by atoms with E-state index in [1.165, 1.54) is 34.6 Å². The lowest BCUT2D eigenvalue weighted by molar-refractivity contribution is -0.396. The Balaban J connectivity index is 0.000000885. The van der Waals surface area contributed by atoms with Crippen molar-refractivity contribution < 1.29 is 82.0 Å². The van der Waals surface area contributed by atoms with Gasteiger partial charge in [-0.3, -0.25) is 9.59 Å². The topological polar surface area (TPSA) is 93.1 Å². The lowest BCUT2D eigenvalue weighted by Crippen LogP contribution is -2.67. The molecule has 0 aliphatic heterocycles. The molecule has 18 heteroatoms. The molecule has 0 bridgehead atoms. The number of carbonyl (C=O) groups is 2. The van der Waals surface area contributed by atoms with Crippen LogP contribution in [-0.4, -0.2) is 70.3 Å². The SMILES string of the molecule is CCC(C)(C)C(=O)OC(C(C)C)C(O)(C(F)(F)F)C(F)(F)F.CCC(C)(C)C(=O)OC(C1CCCC1)C(O)(C(F)(F)F)C(F)(F)F. The molecule has 2 atom stereocenters. The zero-order valence-electron chi connectivity index (χ0n) is 26.6. The van der Waals surface area contributed by atoms with Gasteiger partial charge in [0, 0.05) is 0 Å². The van der Waals surface area contributed by atoms with Gasteiger partial charge in [-0.2, -0.15) is 52.7 Å². The predicted molar refractivity (Wildman–Crippen MR) is 139 cm³/mol. The van der Waals surface area contributed by atoms with Crippen LogP contribution < -0.4 is 0 Å². The van der Waals surface area contributed by atoms with E-state index >= 15 is 0 Å². The van der Waals surface area contributed by atoms with E-state index in [-0.39, 0.29) is 25.7 Å². The van der Waals surface area contributed by atoms with Crippen molar-refractivity contribution in [2.24, 2.45) is 22.7 Å². The van der Waals surface area contributed by atoms with E-state index in [0.717, 1.165) is 13.8 Å². The van der Waals surface area contributed by atoms with Crippen molar-refractivity contribution in [2.75, 3.05) is 0 Å². The van der Waals surface area contributed by atoms with Crippen LogP contribution in [0.5, 0.6) is 0 Å². The lowest BCUT2D eigenvalue weighted by Gasteiger charge is -2.41. The van der Waals surface area contributed by atoms with E-state index in [9.17, 15) is 72.5 Å². The highest BCUT2D eigenvalue weighted by atomic mass is 19.4. The first-order chi connectivity index (χ1) is 20.2. The number of hydrogen-bond donors (Lipinski definition) is 2. The second-order valence-electron chi connectivity index (χ2n) is 12.9. The third kappa shape index (κ3) is 9.34. The van der Waals surface area contributed by atoms with Gasteiger partial charge in [0.05, 0.1) is 10.8 Å². The number of esters is 2. The van der Waals surface area contributed by atoms with Gasteiger partial charge in [0.15, 0.2) is 12.2 Å². The number of halogens is 12. The first-order valence-corrected chi connectivity index (χ1v) is 14.3. The van der Waals surface area contributed by atoms with Crippen LogP contribution >= 0.6 is 0 Å². The summed E-state index contributed by atoms with van der Waals surface area (Å²) in [5.41, 5.74) is -12.7. The quantitative estimate of drug-likeness (QED) is 0.176. The largest absolute Gasteiger partial charge is 0.458 e. The molecule has 46 heavy (non-hydrogen) atoms. The summed E-state index contributed by atoms with van der Waals surface area (Å²) in [6.07, 6.45) is -28.4. The van der Waals surface area contributed by atoms with Gasteiger partial charge in [0.2, 0.25) is 0 Å². The highest BCUT2D eigenvalue weighted by Crippen LogP contribution is 2.51. The van der Waals surface area contributed by atoms with Crippen molar-refractivity contribution in [3.63, 3.8) is 0 Å². The number of rotatable bonds is 10. The average molecular weight is 703 g/mol. The first-order valence-electron chi connectivity index (χ1n) is 14.3. The standard InChI is InChI=1S/C15H22F6O3.C13H20F6O3/c1-4-12(2,3)11(22)24-10(9-7-5-6-8-9)13(23,14(16,17)18)15(19,20)21;1-6-10(4,5)9(20)22-8(7(2)3)11(21,12(14,15)16)13(17,18)19/h9-10,23H,4-8H2,1-3H3;7-8,21H,6H2,1-5H3. The maximum Gasteiger partial charge on any atom is 0.430 e. The third-order valence-electron chi connectivity index (χ3n) is 8.33. The maximum absolute atomic E-state index is 13.2. The Morgan fingerprint density at radius 3 is 1.20 bits per heavy atom. The summed E-state index contributed by atoms with van der Waals surface area (Å²) in [7, 11) is 0. The van der Waals surface area contributed by atoms with Gasteiger partial charge in [-0.25, -0.2) is 0 Å². The average Bonchev–Trinajstić information content (AvgIpc) is 3.41. The Morgan fingerprint density at radius 2 is 0.935 bits per heavy atom. The van der Waals surface area contributed by atoms with Gasteiger partial charge in [0.1, 0.15) is 0 Å². The van der Waals surface area contributed by atoms with Crippen LogP contribution in [0, 0.1) is 22.7 Å². The Kier molecular flexibility index (Phi) is 14.0. The minimum Gasteiger partial charge on any atom is -0.458 e. The van der Waals surface area contributed by atoms with Crippen LogP contribution in [0.15, 0.2) is 0 Å². The molecule has 274 valence electrons. The van der Waals surface area contributed by atoms with Gasteiger partial charge in [-0.05, 0) is 65.2 Å². The van der Waals surface area contributed by atoms with Crippen LogP contribution in [0.25, 0.3) is 0 Å². The first kappa shape index (κ1) is 44.0. The molecule has 0 radical (unpaired) electrons. The Hall–Kier alpha value is -1.98. The fourth-order valence-corrected chi connectivity index (χ4v) is 4.29. The van der Waals surface area contributed by atoms with Gasteiger partial charge in [0.25, 0.3) is 11.2 Å². The van der Waals surface area contributed by atoms with Gasteiger partial charge >= 0.3 is 36.6 Å². The summed E-state index contributed by atoms with van der Waals surface area (Å²) in [6.45, 7) is 10.5. The van der Waals surface area contributed by atoms with Crippen molar-refractivity contribution >= 4 is 11.9 Å². The fourth-order valence-electron chi connectivity index (χ4n) is 4.29. The Bertz CT molecular complexity index is 978. The molecule has 1 rings (SSSR count). The molecule has 6 nitrogen and oxygen atoms in total. The number of carbonyl (C=O) groups excluding carboxylic acids is 2. The van der Waals surface area contributed by atoms with E-state index in [1.54, 1.807) is 6.92 Å². The van der Waals surface area contributed by atoms with Crippen molar-refractivity contribution in [2.45, 2.75) is 142 Å². The molecule has 0 aromatic carbocycles. The smallest absolute Gasteiger partial charge is 0.430 e. The lowest BCUT2D eigenvalue weighted by atomic mass is 9.83. The number of aliphatic hydroxyl groups is 2. The highest BCUT2D eigenvalue weighted by Gasteiger charge is 2.77. The van der Waals surface area contributed by atoms with E-state index in [2.05, 4.69) is 9.47 Å². The van der Waals surface area contributed by atoms with Crippen LogP contribution in [-0.2, 0) is 19.1 Å². The molecule has 0 saturated heterocycles. The van der Waals surface area contributed by atoms with Crippen molar-refractivity contribution in [3.05, 3.63) is 0 Å². The van der Waals surface area contributed by atoms with E-state index in [0.29, 0.717) is 12.8 Å². The van der Waals surface area contributed by atoms with Crippen molar-refractivity contribution in [1.29, 1.82) is 0 Å². The third-order valence-corrected chi connectivity index (χ3v) is 8.33. The molecule has 0 aromatic heterocycles. The predicted octanol–water partition coefficient (Wildman–Crippen LogP) is 8.23. The number of alkyl halides is 12. The van der Waals surface area contributed by atoms with E-state index < -0.39 is 82.7 Å². The summed E-state index contributed by atoms with van der Waals surface area (Å²) in [5.74, 6) is -5.03. The Morgan fingerprint density at radius 1 is 0.630 bits per heavy atom. The molecule has 2 unspecified atom stereocenters. The monoisotopic (exact) mass is 702 g/mol. The molecule has 2 N–H and O–H groups in total. The van der Waals surface area contributed by atoms with Crippen LogP contribution in [0.2, 0.25) is 0 Å². The summed E-state index contributed by atoms with van der Waals surface area (Å²) < 4.78 is 165. The van der Waals surface area contributed by atoms with Crippen molar-refractivity contribution in [3.8, 4) is 0 Å². The molecule has 1 aliphatic rings.